The molecule has 3 heteroatoms. The molecule has 0 atom stereocenters. The molecule has 3 aromatic rings. The van der Waals surface area contributed by atoms with E-state index in [-0.39, 0.29) is 5.97 Å². The van der Waals surface area contributed by atoms with Crippen molar-refractivity contribution < 1.29 is 14.3 Å². The van der Waals surface area contributed by atoms with Crippen LogP contribution in [-0.4, -0.2) is 11.8 Å². The van der Waals surface area contributed by atoms with Gasteiger partial charge in [0.1, 0.15) is 11.3 Å². The number of hydrogen-bond acceptors (Lipinski definition) is 3. The first kappa shape index (κ1) is 15.7. The van der Waals surface area contributed by atoms with E-state index in [9.17, 15) is 4.79 Å². The van der Waals surface area contributed by atoms with E-state index in [0.717, 1.165) is 18.4 Å². The predicted molar refractivity (Wildman–Crippen MR) is 97.9 cm³/mol. The quantitative estimate of drug-likeness (QED) is 0.639. The molecule has 0 unspecified atom stereocenters. The molecular weight excluding hydrogens is 312 g/mol. The summed E-state index contributed by atoms with van der Waals surface area (Å²) in [5.74, 6) is -0.612. The monoisotopic (exact) mass is 332 g/mol. The van der Waals surface area contributed by atoms with E-state index in [1.165, 1.54) is 16.3 Å². The molecular formula is C22H20O3. The molecule has 0 radical (unpaired) electrons. The Labute approximate surface area is 147 Å². The van der Waals surface area contributed by atoms with Gasteiger partial charge < -0.3 is 9.47 Å². The predicted octanol–water partition coefficient (Wildman–Crippen LogP) is 4.91. The maximum Gasteiger partial charge on any atom is 0.345 e. The van der Waals surface area contributed by atoms with Crippen LogP contribution in [0.3, 0.4) is 0 Å². The minimum absolute atomic E-state index is 0.305. The van der Waals surface area contributed by atoms with Crippen LogP contribution in [0.5, 0.6) is 5.75 Å². The first-order valence-corrected chi connectivity index (χ1v) is 8.54. The third kappa shape index (κ3) is 3.10. The number of carbonyl (C=O) groups excluding carboxylic acids is 1. The second kappa shape index (κ2) is 5.92. The van der Waals surface area contributed by atoms with E-state index in [2.05, 4.69) is 36.4 Å². The molecule has 1 heterocycles. The minimum atomic E-state index is -0.916. The molecule has 1 aliphatic rings. The molecule has 0 spiro atoms. The number of carbonyl (C=O) groups is 1. The Balaban J connectivity index is 1.60. The number of benzene rings is 3. The van der Waals surface area contributed by atoms with E-state index in [4.69, 9.17) is 9.47 Å². The Hall–Kier alpha value is -2.81. The SMILES string of the molecule is CC1(C)OC(=O)c2c(CCc3ccc4ccccc4c3)cccc2O1. The van der Waals surface area contributed by atoms with Crippen molar-refractivity contribution in [1.29, 1.82) is 0 Å². The highest BCUT2D eigenvalue weighted by atomic mass is 16.7. The molecule has 3 nitrogen and oxygen atoms in total. The Morgan fingerprint density at radius 2 is 1.64 bits per heavy atom. The molecule has 0 amide bonds. The molecule has 126 valence electrons. The van der Waals surface area contributed by atoms with Gasteiger partial charge in [-0.1, -0.05) is 54.6 Å². The molecule has 0 saturated heterocycles. The Morgan fingerprint density at radius 1 is 0.840 bits per heavy atom. The highest BCUT2D eigenvalue weighted by molar-refractivity contribution is 5.95. The van der Waals surface area contributed by atoms with Gasteiger partial charge in [0.2, 0.25) is 5.79 Å². The van der Waals surface area contributed by atoms with Crippen molar-refractivity contribution in [3.63, 3.8) is 0 Å². The van der Waals surface area contributed by atoms with Gasteiger partial charge in [0.15, 0.2) is 0 Å². The summed E-state index contributed by atoms with van der Waals surface area (Å²) in [4.78, 5) is 12.4. The van der Waals surface area contributed by atoms with Gasteiger partial charge in [-0.25, -0.2) is 4.79 Å². The van der Waals surface area contributed by atoms with Crippen molar-refractivity contribution in [2.75, 3.05) is 0 Å². The van der Waals surface area contributed by atoms with Crippen molar-refractivity contribution in [3.05, 3.63) is 77.4 Å². The normalized spacial score (nSPS) is 15.4. The summed E-state index contributed by atoms with van der Waals surface area (Å²) in [6, 6.07) is 20.6. The molecule has 0 bridgehead atoms. The fraction of sp³-hybridized carbons (Fsp3) is 0.227. The highest BCUT2D eigenvalue weighted by Crippen LogP contribution is 2.33. The molecule has 0 saturated carbocycles. The van der Waals surface area contributed by atoms with Gasteiger partial charge in [-0.05, 0) is 40.8 Å². The topological polar surface area (TPSA) is 35.5 Å². The molecule has 0 aromatic heterocycles. The van der Waals surface area contributed by atoms with Gasteiger partial charge in [-0.15, -0.1) is 0 Å². The Morgan fingerprint density at radius 3 is 2.48 bits per heavy atom. The van der Waals surface area contributed by atoms with Crippen LogP contribution in [0.1, 0.15) is 35.3 Å². The van der Waals surface area contributed by atoms with Crippen LogP contribution in [-0.2, 0) is 17.6 Å². The fourth-order valence-corrected chi connectivity index (χ4v) is 3.33. The smallest absolute Gasteiger partial charge is 0.345 e. The largest absolute Gasteiger partial charge is 0.452 e. The summed E-state index contributed by atoms with van der Waals surface area (Å²) >= 11 is 0. The summed E-state index contributed by atoms with van der Waals surface area (Å²) in [7, 11) is 0. The van der Waals surface area contributed by atoms with Gasteiger partial charge in [0.25, 0.3) is 0 Å². The summed E-state index contributed by atoms with van der Waals surface area (Å²) < 4.78 is 11.2. The number of rotatable bonds is 3. The van der Waals surface area contributed by atoms with Crippen LogP contribution in [0.2, 0.25) is 0 Å². The highest BCUT2D eigenvalue weighted by Gasteiger charge is 2.35. The van der Waals surface area contributed by atoms with Crippen LogP contribution >= 0.6 is 0 Å². The van der Waals surface area contributed by atoms with Crippen molar-refractivity contribution in [2.45, 2.75) is 32.5 Å². The van der Waals surface area contributed by atoms with Gasteiger partial charge >= 0.3 is 5.97 Å². The lowest BCUT2D eigenvalue weighted by Crippen LogP contribution is -2.39. The van der Waals surface area contributed by atoms with Crippen molar-refractivity contribution in [3.8, 4) is 5.75 Å². The van der Waals surface area contributed by atoms with E-state index in [1.807, 2.05) is 24.3 Å². The van der Waals surface area contributed by atoms with Gasteiger partial charge in [0, 0.05) is 13.8 Å². The van der Waals surface area contributed by atoms with Gasteiger partial charge in [0.05, 0.1) is 0 Å². The Bertz CT molecular complexity index is 956. The van der Waals surface area contributed by atoms with Crippen LogP contribution in [0.15, 0.2) is 60.7 Å². The zero-order valence-corrected chi connectivity index (χ0v) is 14.4. The first-order chi connectivity index (χ1) is 12.0. The summed E-state index contributed by atoms with van der Waals surface area (Å²) in [6.45, 7) is 3.49. The number of cyclic esters (lactones) is 1. The Kier molecular flexibility index (Phi) is 3.72. The summed E-state index contributed by atoms with van der Waals surface area (Å²) in [5, 5.41) is 2.47. The zero-order chi connectivity index (χ0) is 17.4. The number of aryl methyl sites for hydroxylation is 2. The average molecular weight is 332 g/mol. The number of fused-ring (bicyclic) bond motifs is 2. The zero-order valence-electron chi connectivity index (χ0n) is 14.4. The van der Waals surface area contributed by atoms with Crippen LogP contribution < -0.4 is 4.74 Å². The molecule has 25 heavy (non-hydrogen) atoms. The second-order valence-corrected chi connectivity index (χ2v) is 6.86. The second-order valence-electron chi connectivity index (χ2n) is 6.86. The van der Waals surface area contributed by atoms with Crippen molar-refractivity contribution >= 4 is 16.7 Å². The van der Waals surface area contributed by atoms with Crippen LogP contribution in [0.4, 0.5) is 0 Å². The number of ether oxygens (including phenoxy) is 2. The molecule has 0 aliphatic carbocycles. The van der Waals surface area contributed by atoms with Crippen molar-refractivity contribution in [2.24, 2.45) is 0 Å². The van der Waals surface area contributed by atoms with Gasteiger partial charge in [-0.2, -0.15) is 0 Å². The fourth-order valence-electron chi connectivity index (χ4n) is 3.33. The molecule has 4 rings (SSSR count). The number of esters is 1. The maximum atomic E-state index is 12.4. The lowest BCUT2D eigenvalue weighted by atomic mass is 9.97. The average Bonchev–Trinajstić information content (AvgIpc) is 2.58. The first-order valence-electron chi connectivity index (χ1n) is 8.54. The van der Waals surface area contributed by atoms with Crippen LogP contribution in [0.25, 0.3) is 10.8 Å². The van der Waals surface area contributed by atoms with E-state index in [0.29, 0.717) is 11.3 Å². The number of hydrogen-bond donors (Lipinski definition) is 0. The lowest BCUT2D eigenvalue weighted by molar-refractivity contribution is -0.127. The molecule has 0 N–H and O–H groups in total. The summed E-state index contributed by atoms with van der Waals surface area (Å²) in [5.41, 5.74) is 2.77. The van der Waals surface area contributed by atoms with Gasteiger partial charge in [-0.3, -0.25) is 0 Å². The third-order valence-electron chi connectivity index (χ3n) is 4.51. The lowest BCUT2D eigenvalue weighted by Gasteiger charge is -2.32. The molecule has 0 fully saturated rings. The molecule has 3 aromatic carbocycles. The standard InChI is InChI=1S/C22H20O3/c1-22(2)24-19-9-5-8-17(20(19)21(23)25-22)13-11-15-10-12-16-6-3-4-7-18(16)14-15/h3-10,12,14H,11,13H2,1-2H3. The van der Waals surface area contributed by atoms with Crippen LogP contribution in [0, 0.1) is 0 Å². The summed E-state index contributed by atoms with van der Waals surface area (Å²) in [6.07, 6.45) is 1.62. The minimum Gasteiger partial charge on any atom is -0.452 e. The van der Waals surface area contributed by atoms with E-state index < -0.39 is 5.79 Å². The van der Waals surface area contributed by atoms with Crippen molar-refractivity contribution in [1.82, 2.24) is 0 Å². The third-order valence-corrected chi connectivity index (χ3v) is 4.51. The van der Waals surface area contributed by atoms with E-state index in [1.54, 1.807) is 13.8 Å². The maximum absolute atomic E-state index is 12.4. The molecule has 1 aliphatic heterocycles. The van der Waals surface area contributed by atoms with E-state index >= 15 is 0 Å².